The minimum atomic E-state index is -2.40. The molecule has 0 atom stereocenters. The summed E-state index contributed by atoms with van der Waals surface area (Å²) in [6.07, 6.45) is 0. The van der Waals surface area contributed by atoms with Crippen LogP contribution in [0.25, 0.3) is 0 Å². The summed E-state index contributed by atoms with van der Waals surface area (Å²) in [7, 11) is -2.40. The molecule has 3 heteroatoms. The Labute approximate surface area is 69.1 Å². The molecular weight excluding hydrogens is 146 g/mol. The largest absolute Gasteiger partial charge is 0.473 e. The average molecular weight is 160 g/mol. The highest BCUT2D eigenvalue weighted by Crippen LogP contribution is 2.22. The average Bonchev–Trinajstić information content (AvgIpc) is 2.31. The number of aromatic nitrogens is 1. The lowest BCUT2D eigenvalue weighted by Crippen LogP contribution is -1.87. The van der Waals surface area contributed by atoms with Gasteiger partial charge in [0.05, 0.1) is 16.8 Å². The lowest BCUT2D eigenvalue weighted by atomic mass is 10.2. The summed E-state index contributed by atoms with van der Waals surface area (Å²) in [5, 5.41) is 2.02. The van der Waals surface area contributed by atoms with Crippen molar-refractivity contribution in [3.8, 4) is 5.19 Å². The van der Waals surface area contributed by atoms with Crippen molar-refractivity contribution in [3.05, 3.63) is 11.1 Å². The number of ether oxygens (including phenoxy) is 1. The van der Waals surface area contributed by atoms with Crippen molar-refractivity contribution in [1.29, 1.82) is 0 Å². The second-order valence-corrected chi connectivity index (χ2v) is 3.12. The Bertz CT molecular complexity index is 282. The van der Waals surface area contributed by atoms with Crippen LogP contribution in [0.3, 0.4) is 0 Å². The maximum atomic E-state index is 6.86. The summed E-state index contributed by atoms with van der Waals surface area (Å²) in [5.41, 5.74) is 0.865. The van der Waals surface area contributed by atoms with Crippen molar-refractivity contribution >= 4 is 11.3 Å². The van der Waals surface area contributed by atoms with E-state index in [0.29, 0.717) is 5.92 Å². The van der Waals surface area contributed by atoms with Crippen LogP contribution in [-0.4, -0.2) is 12.0 Å². The van der Waals surface area contributed by atoms with Crippen LogP contribution in [0.5, 0.6) is 5.19 Å². The van der Waals surface area contributed by atoms with Gasteiger partial charge in [-0.3, -0.25) is 0 Å². The maximum Gasteiger partial charge on any atom is 0.273 e. The van der Waals surface area contributed by atoms with Crippen molar-refractivity contribution in [2.45, 2.75) is 19.8 Å². The molecule has 1 rings (SSSR count). The van der Waals surface area contributed by atoms with Gasteiger partial charge >= 0.3 is 0 Å². The molecule has 0 amide bonds. The third-order valence-electron chi connectivity index (χ3n) is 1.18. The molecule has 0 fully saturated rings. The first kappa shape index (κ1) is 4.34. The summed E-state index contributed by atoms with van der Waals surface area (Å²) in [6.45, 7) is 3.99. The minimum absolute atomic E-state index is 0.212. The summed E-state index contributed by atoms with van der Waals surface area (Å²) in [5.74, 6) is 0.296. The van der Waals surface area contributed by atoms with E-state index in [-0.39, 0.29) is 5.19 Å². The smallest absolute Gasteiger partial charge is 0.273 e. The van der Waals surface area contributed by atoms with Crippen molar-refractivity contribution in [2.24, 2.45) is 0 Å². The van der Waals surface area contributed by atoms with Gasteiger partial charge in [0.15, 0.2) is 0 Å². The fraction of sp³-hybridized carbons (Fsp3) is 0.571. The molecule has 0 aliphatic heterocycles. The van der Waals surface area contributed by atoms with Crippen molar-refractivity contribution in [1.82, 2.24) is 4.98 Å². The molecular formula is C7H11NOS. The van der Waals surface area contributed by atoms with Crippen molar-refractivity contribution in [3.63, 3.8) is 0 Å². The van der Waals surface area contributed by atoms with Crippen LogP contribution in [0.15, 0.2) is 5.38 Å². The fourth-order valence-electron chi connectivity index (χ4n) is 0.581. The van der Waals surface area contributed by atoms with Gasteiger partial charge in [0, 0.05) is 5.38 Å². The first-order valence-corrected chi connectivity index (χ1v) is 3.91. The Kier molecular flexibility index (Phi) is 1.31. The van der Waals surface area contributed by atoms with Gasteiger partial charge in [-0.15, -0.1) is 0 Å². The lowest BCUT2D eigenvalue weighted by Gasteiger charge is -1.95. The molecule has 0 saturated carbocycles. The van der Waals surface area contributed by atoms with Gasteiger partial charge in [0.25, 0.3) is 5.19 Å². The molecule has 10 heavy (non-hydrogen) atoms. The molecule has 1 aromatic rings. The van der Waals surface area contributed by atoms with Crippen LogP contribution in [0.2, 0.25) is 0 Å². The molecule has 0 N–H and O–H groups in total. The quantitative estimate of drug-likeness (QED) is 0.662. The normalized spacial score (nSPS) is 16.1. The van der Waals surface area contributed by atoms with Gasteiger partial charge < -0.3 is 4.74 Å². The zero-order valence-corrected chi connectivity index (χ0v) is 6.73. The summed E-state index contributed by atoms with van der Waals surface area (Å²) in [6, 6.07) is 0. The van der Waals surface area contributed by atoms with Crippen LogP contribution < -0.4 is 4.74 Å². The Morgan fingerprint density at radius 2 is 2.60 bits per heavy atom. The third kappa shape index (κ3) is 1.48. The number of hydrogen-bond donors (Lipinski definition) is 0. The first-order chi connectivity index (χ1) is 5.88. The molecule has 1 aromatic heterocycles. The van der Waals surface area contributed by atoms with Gasteiger partial charge in [-0.2, -0.15) is 0 Å². The number of nitrogens with zero attached hydrogens (tertiary/aromatic N) is 1. The predicted molar refractivity (Wildman–Crippen MR) is 42.8 cm³/mol. The van der Waals surface area contributed by atoms with Crippen molar-refractivity contribution in [2.75, 3.05) is 7.04 Å². The van der Waals surface area contributed by atoms with E-state index in [4.69, 9.17) is 4.11 Å². The third-order valence-corrected chi connectivity index (χ3v) is 1.92. The second kappa shape index (κ2) is 3.01. The van der Waals surface area contributed by atoms with E-state index in [1.54, 1.807) is 0 Å². The molecule has 2 nitrogen and oxygen atoms in total. The predicted octanol–water partition coefficient (Wildman–Crippen LogP) is 2.28. The van der Waals surface area contributed by atoms with E-state index in [2.05, 4.69) is 9.72 Å². The number of rotatable bonds is 2. The maximum absolute atomic E-state index is 6.86. The lowest BCUT2D eigenvalue weighted by molar-refractivity contribution is 0.410. The molecule has 56 valence electrons. The van der Waals surface area contributed by atoms with Crippen LogP contribution in [0.4, 0.5) is 0 Å². The van der Waals surface area contributed by atoms with Gasteiger partial charge in [-0.05, 0) is 5.92 Å². The standard InChI is InChI=1S/C7H11NOS/c1-5(2)6-4-10-7(8-6)9-3/h4-5H,1-3H3/i3D3. The van der Waals surface area contributed by atoms with Crippen LogP contribution >= 0.6 is 11.3 Å². The Balaban J connectivity index is 2.70. The van der Waals surface area contributed by atoms with E-state index >= 15 is 0 Å². The molecule has 0 unspecified atom stereocenters. The van der Waals surface area contributed by atoms with Gasteiger partial charge in [-0.25, -0.2) is 4.98 Å². The Morgan fingerprint density at radius 1 is 1.80 bits per heavy atom. The second-order valence-electron chi connectivity index (χ2n) is 2.30. The zero-order valence-electron chi connectivity index (χ0n) is 8.92. The molecule has 0 aromatic carbocycles. The topological polar surface area (TPSA) is 22.1 Å². The molecule has 0 radical (unpaired) electrons. The molecule has 0 aliphatic rings. The molecule has 0 spiro atoms. The number of hydrogen-bond acceptors (Lipinski definition) is 3. The van der Waals surface area contributed by atoms with E-state index < -0.39 is 7.04 Å². The number of methoxy groups -OCH3 is 1. The minimum Gasteiger partial charge on any atom is -0.473 e. The van der Waals surface area contributed by atoms with Crippen LogP contribution in [0.1, 0.15) is 29.6 Å². The van der Waals surface area contributed by atoms with E-state index in [1.807, 2.05) is 19.2 Å². The SMILES string of the molecule is [2H]C([2H])([2H])Oc1nc(C(C)C)cs1. The summed E-state index contributed by atoms with van der Waals surface area (Å²) < 4.78 is 25.2. The van der Waals surface area contributed by atoms with E-state index in [0.717, 1.165) is 5.69 Å². The molecule has 0 aliphatic carbocycles. The molecule has 1 heterocycles. The Morgan fingerprint density at radius 3 is 3.10 bits per heavy atom. The highest BCUT2D eigenvalue weighted by molar-refractivity contribution is 7.11. The Hall–Kier alpha value is -0.570. The summed E-state index contributed by atoms with van der Waals surface area (Å²) >= 11 is 1.21. The first-order valence-electron chi connectivity index (χ1n) is 4.53. The zero-order chi connectivity index (χ0) is 10.1. The summed E-state index contributed by atoms with van der Waals surface area (Å²) in [4.78, 5) is 4.03. The highest BCUT2D eigenvalue weighted by Gasteiger charge is 2.03. The highest BCUT2D eigenvalue weighted by atomic mass is 32.1. The van der Waals surface area contributed by atoms with Crippen LogP contribution in [-0.2, 0) is 0 Å². The van der Waals surface area contributed by atoms with Crippen molar-refractivity contribution < 1.29 is 8.85 Å². The monoisotopic (exact) mass is 160 g/mol. The van der Waals surface area contributed by atoms with Crippen LogP contribution in [0, 0.1) is 0 Å². The molecule has 0 bridgehead atoms. The van der Waals surface area contributed by atoms with Gasteiger partial charge in [0.1, 0.15) is 0 Å². The van der Waals surface area contributed by atoms with Gasteiger partial charge in [0.2, 0.25) is 0 Å². The molecule has 0 saturated heterocycles. The van der Waals surface area contributed by atoms with E-state index in [1.165, 1.54) is 11.3 Å². The van der Waals surface area contributed by atoms with E-state index in [9.17, 15) is 0 Å². The number of thiazole rings is 1. The fourth-order valence-corrected chi connectivity index (χ4v) is 1.33. The van der Waals surface area contributed by atoms with Gasteiger partial charge in [-0.1, -0.05) is 25.2 Å².